The second-order valence-corrected chi connectivity index (χ2v) is 3.81. The fourth-order valence-corrected chi connectivity index (χ4v) is 1.63. The van der Waals surface area contributed by atoms with Gasteiger partial charge in [0, 0.05) is 12.1 Å². The Hall–Kier alpha value is -1.42. The molecule has 82 valence electrons. The van der Waals surface area contributed by atoms with Crippen molar-refractivity contribution in [2.45, 2.75) is 19.4 Å². The SMILES string of the molecule is CC(N)Cc1cc2c(cc1O)OCCO2. The number of benzene rings is 1. The van der Waals surface area contributed by atoms with Gasteiger partial charge in [0.1, 0.15) is 19.0 Å². The van der Waals surface area contributed by atoms with Gasteiger partial charge in [0.2, 0.25) is 0 Å². The Kier molecular flexibility index (Phi) is 2.68. The molecule has 0 saturated heterocycles. The highest BCUT2D eigenvalue weighted by molar-refractivity contribution is 5.50. The Balaban J connectivity index is 2.32. The van der Waals surface area contributed by atoms with Gasteiger partial charge in [-0.2, -0.15) is 0 Å². The molecule has 2 rings (SSSR count). The van der Waals surface area contributed by atoms with Crippen LogP contribution < -0.4 is 15.2 Å². The molecular formula is C11H15NO3. The molecule has 3 N–H and O–H groups in total. The van der Waals surface area contributed by atoms with E-state index in [0.717, 1.165) is 5.56 Å². The van der Waals surface area contributed by atoms with Crippen LogP contribution in [0.5, 0.6) is 17.2 Å². The maximum absolute atomic E-state index is 9.72. The van der Waals surface area contributed by atoms with Crippen molar-refractivity contribution in [3.05, 3.63) is 17.7 Å². The maximum atomic E-state index is 9.72. The van der Waals surface area contributed by atoms with Gasteiger partial charge >= 0.3 is 0 Å². The van der Waals surface area contributed by atoms with Crippen molar-refractivity contribution < 1.29 is 14.6 Å². The zero-order chi connectivity index (χ0) is 10.8. The highest BCUT2D eigenvalue weighted by Gasteiger charge is 2.15. The van der Waals surface area contributed by atoms with Gasteiger partial charge in [0.05, 0.1) is 0 Å². The number of nitrogens with two attached hydrogens (primary N) is 1. The number of phenolic OH excluding ortho intramolecular Hbond substituents is 1. The van der Waals surface area contributed by atoms with E-state index in [2.05, 4.69) is 0 Å². The minimum absolute atomic E-state index is 0.0125. The number of rotatable bonds is 2. The molecule has 4 heteroatoms. The first-order valence-electron chi connectivity index (χ1n) is 5.04. The molecule has 1 heterocycles. The van der Waals surface area contributed by atoms with Crippen LogP contribution >= 0.6 is 0 Å². The normalized spacial score (nSPS) is 16.1. The molecule has 15 heavy (non-hydrogen) atoms. The van der Waals surface area contributed by atoms with Crippen LogP contribution in [0.15, 0.2) is 12.1 Å². The largest absolute Gasteiger partial charge is 0.508 e. The third kappa shape index (κ3) is 2.15. The highest BCUT2D eigenvalue weighted by Crippen LogP contribution is 2.36. The number of phenols is 1. The van der Waals surface area contributed by atoms with Crippen LogP contribution in [-0.2, 0) is 6.42 Å². The lowest BCUT2D eigenvalue weighted by Crippen LogP contribution is -2.19. The summed E-state index contributed by atoms with van der Waals surface area (Å²) in [6.45, 7) is 2.98. The molecule has 0 spiro atoms. The average molecular weight is 209 g/mol. The van der Waals surface area contributed by atoms with Crippen LogP contribution in [0.3, 0.4) is 0 Å². The quantitative estimate of drug-likeness (QED) is 0.764. The van der Waals surface area contributed by atoms with Gasteiger partial charge in [-0.3, -0.25) is 0 Å². The summed E-state index contributed by atoms with van der Waals surface area (Å²) in [5, 5.41) is 9.72. The number of hydrogen-bond donors (Lipinski definition) is 2. The van der Waals surface area contributed by atoms with E-state index in [9.17, 15) is 5.11 Å². The molecule has 4 nitrogen and oxygen atoms in total. The van der Waals surface area contributed by atoms with Crippen molar-refractivity contribution >= 4 is 0 Å². The fourth-order valence-electron chi connectivity index (χ4n) is 1.63. The van der Waals surface area contributed by atoms with Crippen LogP contribution in [0.2, 0.25) is 0 Å². The molecule has 0 fully saturated rings. The molecule has 1 aliphatic rings. The molecule has 0 radical (unpaired) electrons. The molecule has 0 bridgehead atoms. The maximum Gasteiger partial charge on any atom is 0.165 e. The van der Waals surface area contributed by atoms with Crippen molar-refractivity contribution in [1.82, 2.24) is 0 Å². The molecule has 1 aliphatic heterocycles. The first-order valence-corrected chi connectivity index (χ1v) is 5.04. The van der Waals surface area contributed by atoms with Gasteiger partial charge in [0.15, 0.2) is 11.5 Å². The van der Waals surface area contributed by atoms with E-state index >= 15 is 0 Å². The van der Waals surface area contributed by atoms with Crippen LogP contribution in [0.1, 0.15) is 12.5 Å². The number of aromatic hydroxyl groups is 1. The summed E-state index contributed by atoms with van der Waals surface area (Å²) < 4.78 is 10.8. The lowest BCUT2D eigenvalue weighted by atomic mass is 10.1. The second kappa shape index (κ2) is 3.98. The third-order valence-electron chi connectivity index (χ3n) is 2.29. The Morgan fingerprint density at radius 2 is 1.93 bits per heavy atom. The third-order valence-corrected chi connectivity index (χ3v) is 2.29. The van der Waals surface area contributed by atoms with Crippen molar-refractivity contribution in [2.75, 3.05) is 13.2 Å². The lowest BCUT2D eigenvalue weighted by Gasteiger charge is -2.20. The van der Waals surface area contributed by atoms with Gasteiger partial charge < -0.3 is 20.3 Å². The van der Waals surface area contributed by atoms with Gasteiger partial charge in [-0.15, -0.1) is 0 Å². The molecular weight excluding hydrogens is 194 g/mol. The van der Waals surface area contributed by atoms with Crippen molar-refractivity contribution in [1.29, 1.82) is 0 Å². The van der Waals surface area contributed by atoms with Crippen LogP contribution in [-0.4, -0.2) is 24.4 Å². The summed E-state index contributed by atoms with van der Waals surface area (Å²) in [6.07, 6.45) is 0.627. The predicted octanol–water partition coefficient (Wildman–Crippen LogP) is 1.05. The average Bonchev–Trinajstić information content (AvgIpc) is 2.18. The first-order chi connectivity index (χ1) is 7.16. The van der Waals surface area contributed by atoms with Crippen molar-refractivity contribution in [2.24, 2.45) is 5.73 Å². The number of ether oxygens (including phenoxy) is 2. The van der Waals surface area contributed by atoms with E-state index in [1.165, 1.54) is 0 Å². The smallest absolute Gasteiger partial charge is 0.165 e. The molecule has 0 aliphatic carbocycles. The lowest BCUT2D eigenvalue weighted by molar-refractivity contribution is 0.170. The Morgan fingerprint density at radius 1 is 1.33 bits per heavy atom. The molecule has 1 atom stereocenters. The number of hydrogen-bond acceptors (Lipinski definition) is 4. The van der Waals surface area contributed by atoms with Gasteiger partial charge in [0.25, 0.3) is 0 Å². The van der Waals surface area contributed by atoms with Gasteiger partial charge in [-0.05, 0) is 25.0 Å². The van der Waals surface area contributed by atoms with E-state index in [4.69, 9.17) is 15.2 Å². The van der Waals surface area contributed by atoms with Crippen LogP contribution in [0.4, 0.5) is 0 Å². The Labute approximate surface area is 88.6 Å². The van der Waals surface area contributed by atoms with E-state index < -0.39 is 0 Å². The van der Waals surface area contributed by atoms with E-state index in [0.29, 0.717) is 31.1 Å². The molecule has 1 aromatic carbocycles. The summed E-state index contributed by atoms with van der Waals surface area (Å²) in [7, 11) is 0. The summed E-state index contributed by atoms with van der Waals surface area (Å²) in [5.74, 6) is 1.51. The molecule has 1 aromatic rings. The Morgan fingerprint density at radius 3 is 2.53 bits per heavy atom. The zero-order valence-corrected chi connectivity index (χ0v) is 8.69. The van der Waals surface area contributed by atoms with Crippen LogP contribution in [0, 0.1) is 0 Å². The summed E-state index contributed by atoms with van der Waals surface area (Å²) in [5.41, 5.74) is 6.49. The first kappa shape index (κ1) is 10.1. The van der Waals surface area contributed by atoms with E-state index in [1.807, 2.05) is 6.92 Å². The second-order valence-electron chi connectivity index (χ2n) is 3.81. The molecule has 0 amide bonds. The minimum Gasteiger partial charge on any atom is -0.508 e. The topological polar surface area (TPSA) is 64.7 Å². The number of fused-ring (bicyclic) bond motifs is 1. The monoisotopic (exact) mass is 209 g/mol. The summed E-state index contributed by atoms with van der Waals surface area (Å²) in [4.78, 5) is 0. The highest BCUT2D eigenvalue weighted by atomic mass is 16.6. The Bertz CT molecular complexity index is 363. The van der Waals surface area contributed by atoms with Gasteiger partial charge in [-0.25, -0.2) is 0 Å². The standard InChI is InChI=1S/C11H15NO3/c1-7(12)4-8-5-10-11(6-9(8)13)15-3-2-14-10/h5-7,13H,2-4,12H2,1H3. The zero-order valence-electron chi connectivity index (χ0n) is 8.69. The fraction of sp³-hybridized carbons (Fsp3) is 0.455. The molecule has 0 aromatic heterocycles. The summed E-state index contributed by atoms with van der Waals surface area (Å²) in [6, 6.07) is 3.40. The minimum atomic E-state index is 0.0125. The molecule has 1 unspecified atom stereocenters. The van der Waals surface area contributed by atoms with E-state index in [-0.39, 0.29) is 11.8 Å². The molecule has 0 saturated carbocycles. The summed E-state index contributed by atoms with van der Waals surface area (Å²) >= 11 is 0. The predicted molar refractivity (Wildman–Crippen MR) is 56.5 cm³/mol. The van der Waals surface area contributed by atoms with Crippen molar-refractivity contribution in [3.8, 4) is 17.2 Å². The van der Waals surface area contributed by atoms with Crippen LogP contribution in [0.25, 0.3) is 0 Å². The van der Waals surface area contributed by atoms with Gasteiger partial charge in [-0.1, -0.05) is 0 Å². The van der Waals surface area contributed by atoms with Crippen molar-refractivity contribution in [3.63, 3.8) is 0 Å². The van der Waals surface area contributed by atoms with E-state index in [1.54, 1.807) is 12.1 Å².